The van der Waals surface area contributed by atoms with Gasteiger partial charge in [-0.25, -0.2) is 0 Å². The molecule has 0 aliphatic carbocycles. The SMILES string of the molecule is COC(=O)c1ccc(/C(=N/NCc2ccccc2)c2ccc[se]2)cc1. The van der Waals surface area contributed by atoms with Crippen molar-refractivity contribution < 1.29 is 9.53 Å². The van der Waals surface area contributed by atoms with Gasteiger partial charge in [0, 0.05) is 0 Å². The normalized spacial score (nSPS) is 11.2. The molecule has 0 radical (unpaired) electrons. The number of carbonyl (C=O) groups is 1. The zero-order chi connectivity index (χ0) is 17.5. The van der Waals surface area contributed by atoms with E-state index in [-0.39, 0.29) is 20.5 Å². The quantitative estimate of drug-likeness (QED) is 0.301. The number of hydrazone groups is 1. The number of carbonyl (C=O) groups excluding carboxylic acids is 1. The molecule has 3 rings (SSSR count). The number of nitrogens with one attached hydrogen (secondary N) is 1. The number of benzene rings is 2. The Morgan fingerprint density at radius 2 is 1.72 bits per heavy atom. The van der Waals surface area contributed by atoms with Gasteiger partial charge >= 0.3 is 153 Å². The van der Waals surface area contributed by atoms with Crippen molar-refractivity contribution in [1.29, 1.82) is 0 Å². The zero-order valence-corrected chi connectivity index (χ0v) is 15.5. The van der Waals surface area contributed by atoms with Crippen molar-refractivity contribution in [3.63, 3.8) is 0 Å². The van der Waals surface area contributed by atoms with Crippen LogP contribution in [0, 0.1) is 0 Å². The third-order valence-corrected chi connectivity index (χ3v) is 5.49. The van der Waals surface area contributed by atoms with Crippen LogP contribution in [0.3, 0.4) is 0 Å². The Kier molecular flexibility index (Phi) is 5.83. The molecule has 25 heavy (non-hydrogen) atoms. The van der Waals surface area contributed by atoms with E-state index < -0.39 is 0 Å². The molecule has 1 heterocycles. The van der Waals surface area contributed by atoms with Crippen molar-refractivity contribution in [2.24, 2.45) is 5.10 Å². The van der Waals surface area contributed by atoms with Crippen molar-refractivity contribution in [2.45, 2.75) is 6.54 Å². The number of ether oxygens (including phenoxy) is 1. The van der Waals surface area contributed by atoms with Gasteiger partial charge in [-0.15, -0.1) is 0 Å². The van der Waals surface area contributed by atoms with Crippen LogP contribution >= 0.6 is 0 Å². The summed E-state index contributed by atoms with van der Waals surface area (Å²) >= 11 is 0.272. The van der Waals surface area contributed by atoms with Gasteiger partial charge in [0.1, 0.15) is 0 Å². The van der Waals surface area contributed by atoms with Crippen LogP contribution < -0.4 is 5.43 Å². The van der Waals surface area contributed by atoms with Crippen LogP contribution in [0.2, 0.25) is 0 Å². The zero-order valence-electron chi connectivity index (χ0n) is 13.8. The average molecular weight is 397 g/mol. The van der Waals surface area contributed by atoms with E-state index in [1.165, 1.54) is 17.1 Å². The van der Waals surface area contributed by atoms with E-state index >= 15 is 0 Å². The second kappa shape index (κ2) is 8.47. The van der Waals surface area contributed by atoms with E-state index in [1.54, 1.807) is 12.1 Å². The number of hydrogen-bond donors (Lipinski definition) is 1. The number of methoxy groups -OCH3 is 1. The van der Waals surface area contributed by atoms with Crippen LogP contribution in [0.25, 0.3) is 0 Å². The molecule has 0 aliphatic heterocycles. The molecule has 0 bridgehead atoms. The summed E-state index contributed by atoms with van der Waals surface area (Å²) in [6, 6.07) is 21.7. The standard InChI is InChI=1S/C20H18N2O2Se/c1-24-20(23)17-11-9-16(10-12-17)19(18-8-5-13-25-18)22-21-14-15-6-3-2-4-7-15/h2-13,21H,14H2,1H3/b22-19-. The molecular formula is C20H18N2O2Se. The van der Waals surface area contributed by atoms with E-state index in [4.69, 9.17) is 4.74 Å². The topological polar surface area (TPSA) is 50.7 Å². The van der Waals surface area contributed by atoms with Crippen molar-refractivity contribution >= 4 is 26.2 Å². The summed E-state index contributed by atoms with van der Waals surface area (Å²) in [4.78, 5) is 13.8. The summed E-state index contributed by atoms with van der Waals surface area (Å²) in [6.45, 7) is 0.665. The molecule has 0 saturated heterocycles. The molecule has 3 aromatic rings. The number of esters is 1. The Hall–Kier alpha value is -2.62. The predicted octanol–water partition coefficient (Wildman–Crippen LogP) is 3.07. The van der Waals surface area contributed by atoms with Crippen LogP contribution in [-0.4, -0.2) is 33.3 Å². The molecule has 0 spiro atoms. The molecule has 0 aliphatic rings. The van der Waals surface area contributed by atoms with Crippen LogP contribution in [0.5, 0.6) is 0 Å². The minimum atomic E-state index is -0.335. The van der Waals surface area contributed by atoms with Crippen LogP contribution in [0.15, 0.2) is 76.8 Å². The summed E-state index contributed by atoms with van der Waals surface area (Å²) in [5.41, 5.74) is 6.77. The molecular weight excluding hydrogens is 379 g/mol. The second-order valence-electron chi connectivity index (χ2n) is 5.33. The summed E-state index contributed by atoms with van der Waals surface area (Å²) in [7, 11) is 1.38. The molecule has 4 nitrogen and oxygen atoms in total. The molecule has 0 saturated carbocycles. The van der Waals surface area contributed by atoms with E-state index in [0.29, 0.717) is 12.1 Å². The summed E-state index contributed by atoms with van der Waals surface area (Å²) < 4.78 is 5.96. The van der Waals surface area contributed by atoms with E-state index in [2.05, 4.69) is 39.7 Å². The van der Waals surface area contributed by atoms with Gasteiger partial charge in [-0.3, -0.25) is 0 Å². The number of rotatable bonds is 6. The molecule has 5 heteroatoms. The molecule has 2 aromatic carbocycles. The van der Waals surface area contributed by atoms with E-state index in [9.17, 15) is 4.79 Å². The summed E-state index contributed by atoms with van der Waals surface area (Å²) in [5.74, 6) is -0.335. The molecule has 0 amide bonds. The average Bonchev–Trinajstić information content (AvgIpc) is 3.20. The van der Waals surface area contributed by atoms with Crippen molar-refractivity contribution in [3.8, 4) is 0 Å². The Morgan fingerprint density at radius 3 is 2.36 bits per heavy atom. The Labute approximate surface area is 152 Å². The van der Waals surface area contributed by atoms with Gasteiger partial charge < -0.3 is 0 Å². The van der Waals surface area contributed by atoms with Gasteiger partial charge in [-0.1, -0.05) is 0 Å². The Morgan fingerprint density at radius 1 is 1.00 bits per heavy atom. The summed E-state index contributed by atoms with van der Waals surface area (Å²) in [5, 5.41) is 4.62. The molecule has 1 aromatic heterocycles. The number of hydrogen-bond acceptors (Lipinski definition) is 4. The van der Waals surface area contributed by atoms with Gasteiger partial charge in [0.05, 0.1) is 0 Å². The van der Waals surface area contributed by atoms with E-state index in [0.717, 1.165) is 11.3 Å². The molecule has 126 valence electrons. The summed E-state index contributed by atoms with van der Waals surface area (Å²) in [6.07, 6.45) is 0. The fourth-order valence-electron chi connectivity index (χ4n) is 2.36. The van der Waals surface area contributed by atoms with Gasteiger partial charge in [0.15, 0.2) is 0 Å². The first-order valence-electron chi connectivity index (χ1n) is 7.85. The van der Waals surface area contributed by atoms with Crippen LogP contribution in [0.4, 0.5) is 0 Å². The van der Waals surface area contributed by atoms with Crippen molar-refractivity contribution in [1.82, 2.24) is 5.43 Å². The first-order valence-corrected chi connectivity index (χ1v) is 9.69. The van der Waals surface area contributed by atoms with Gasteiger partial charge in [0.25, 0.3) is 0 Å². The van der Waals surface area contributed by atoms with Gasteiger partial charge in [-0.2, -0.15) is 0 Å². The van der Waals surface area contributed by atoms with Crippen LogP contribution in [0.1, 0.15) is 25.9 Å². The number of nitrogens with zero attached hydrogens (tertiary/aromatic N) is 1. The van der Waals surface area contributed by atoms with Crippen molar-refractivity contribution in [3.05, 3.63) is 92.8 Å². The fraction of sp³-hybridized carbons (Fsp3) is 0.100. The Bertz CT molecular complexity index is 841. The first-order chi connectivity index (χ1) is 12.3. The molecule has 0 atom stereocenters. The fourth-order valence-corrected chi connectivity index (χ4v) is 3.91. The minimum absolute atomic E-state index is 0.272. The Balaban J connectivity index is 1.82. The van der Waals surface area contributed by atoms with E-state index in [1.807, 2.05) is 30.3 Å². The van der Waals surface area contributed by atoms with Crippen molar-refractivity contribution in [2.75, 3.05) is 7.11 Å². The van der Waals surface area contributed by atoms with Crippen LogP contribution in [-0.2, 0) is 11.3 Å². The third kappa shape index (κ3) is 4.47. The maximum absolute atomic E-state index is 11.6. The first kappa shape index (κ1) is 17.2. The van der Waals surface area contributed by atoms with Gasteiger partial charge in [-0.05, 0) is 0 Å². The molecule has 1 N–H and O–H groups in total. The molecule has 0 unspecified atom stereocenters. The maximum atomic E-state index is 11.6. The molecule has 0 fully saturated rings. The monoisotopic (exact) mass is 398 g/mol. The predicted molar refractivity (Wildman–Crippen MR) is 100 cm³/mol. The van der Waals surface area contributed by atoms with Gasteiger partial charge in [0.2, 0.25) is 0 Å². The second-order valence-corrected chi connectivity index (χ2v) is 7.32. The third-order valence-electron chi connectivity index (χ3n) is 3.65.